The second-order valence-corrected chi connectivity index (χ2v) is 7.98. The minimum Gasteiger partial charge on any atom is -0.367 e. The molecule has 1 saturated heterocycles. The Hall–Kier alpha value is -3.00. The van der Waals surface area contributed by atoms with E-state index in [1.165, 1.54) is 6.07 Å². The molecule has 0 saturated carbocycles. The van der Waals surface area contributed by atoms with E-state index in [0.717, 1.165) is 6.07 Å². The van der Waals surface area contributed by atoms with Gasteiger partial charge in [-0.2, -0.15) is 13.2 Å². The number of nitrogens with one attached hydrogen (secondary N) is 1. The molecule has 0 bridgehead atoms. The van der Waals surface area contributed by atoms with Gasteiger partial charge in [-0.15, -0.1) is 0 Å². The highest BCUT2D eigenvalue weighted by atomic mass is 35.5. The number of alkyl halides is 3. The summed E-state index contributed by atoms with van der Waals surface area (Å²) in [5, 5.41) is 4.17. The number of anilines is 3. The van der Waals surface area contributed by atoms with Crippen molar-refractivity contribution in [1.82, 2.24) is 9.88 Å². The molecule has 1 amide bonds. The van der Waals surface area contributed by atoms with Gasteiger partial charge in [0.25, 0.3) is 0 Å². The number of hydrogen-bond donors (Lipinski definition) is 1. The van der Waals surface area contributed by atoms with Gasteiger partial charge in [0.15, 0.2) is 0 Å². The molecule has 3 aromatic rings. The number of nitrogens with zero attached hydrogens (tertiary/aromatic N) is 3. The maximum Gasteiger partial charge on any atom is 0.418 e. The predicted molar refractivity (Wildman–Crippen MR) is 121 cm³/mol. The third-order valence-electron chi connectivity index (χ3n) is 5.57. The molecule has 0 atom stereocenters. The summed E-state index contributed by atoms with van der Waals surface area (Å²) in [6.45, 7) is 3.30. The topological polar surface area (TPSA) is 48.5 Å². The third-order valence-corrected chi connectivity index (χ3v) is 5.89. The van der Waals surface area contributed by atoms with Crippen LogP contribution in [0.5, 0.6) is 0 Å². The minimum absolute atomic E-state index is 0.0171. The highest BCUT2D eigenvalue weighted by Crippen LogP contribution is 2.40. The van der Waals surface area contributed by atoms with E-state index in [9.17, 15) is 18.0 Å². The van der Waals surface area contributed by atoms with Gasteiger partial charge in [0.1, 0.15) is 0 Å². The number of aromatic nitrogens is 1. The zero-order chi connectivity index (χ0) is 22.9. The number of pyridine rings is 1. The molecule has 1 fully saturated rings. The smallest absolute Gasteiger partial charge is 0.367 e. The van der Waals surface area contributed by atoms with Crippen molar-refractivity contribution in [3.05, 3.63) is 59.2 Å². The molecule has 2 aromatic carbocycles. The van der Waals surface area contributed by atoms with Crippen LogP contribution >= 0.6 is 11.6 Å². The van der Waals surface area contributed by atoms with Crippen molar-refractivity contribution in [2.24, 2.45) is 0 Å². The van der Waals surface area contributed by atoms with E-state index in [0.29, 0.717) is 59.9 Å². The van der Waals surface area contributed by atoms with Gasteiger partial charge in [-0.1, -0.05) is 24.6 Å². The largest absolute Gasteiger partial charge is 0.418 e. The van der Waals surface area contributed by atoms with Crippen LogP contribution in [0.3, 0.4) is 0 Å². The van der Waals surface area contributed by atoms with Crippen LogP contribution < -0.4 is 10.2 Å². The zero-order valence-corrected chi connectivity index (χ0v) is 18.2. The number of amides is 1. The molecule has 4 rings (SSSR count). The highest BCUT2D eigenvalue weighted by molar-refractivity contribution is 6.36. The fraction of sp³-hybridized carbons (Fsp3) is 0.304. The van der Waals surface area contributed by atoms with Gasteiger partial charge in [0, 0.05) is 55.6 Å². The monoisotopic (exact) mass is 462 g/mol. The molecule has 0 aliphatic carbocycles. The van der Waals surface area contributed by atoms with E-state index in [2.05, 4.69) is 10.3 Å². The van der Waals surface area contributed by atoms with Crippen LogP contribution in [0.2, 0.25) is 5.02 Å². The van der Waals surface area contributed by atoms with Gasteiger partial charge in [0.05, 0.1) is 21.8 Å². The molecule has 9 heteroatoms. The Bertz CT molecular complexity index is 1140. The Morgan fingerprint density at radius 3 is 2.56 bits per heavy atom. The van der Waals surface area contributed by atoms with Crippen LogP contribution in [0.4, 0.5) is 30.2 Å². The maximum absolute atomic E-state index is 13.9. The first-order valence-electron chi connectivity index (χ1n) is 10.3. The molecule has 2 heterocycles. The van der Waals surface area contributed by atoms with Crippen LogP contribution in [0.1, 0.15) is 18.9 Å². The number of piperazine rings is 1. The van der Waals surface area contributed by atoms with Gasteiger partial charge >= 0.3 is 6.18 Å². The summed E-state index contributed by atoms with van der Waals surface area (Å²) in [5.41, 5.74) is 0.919. The van der Waals surface area contributed by atoms with E-state index in [-0.39, 0.29) is 11.6 Å². The molecule has 1 N–H and O–H groups in total. The van der Waals surface area contributed by atoms with Crippen LogP contribution in [-0.4, -0.2) is 42.0 Å². The number of carbonyl (C=O) groups is 1. The Labute approximate surface area is 188 Å². The number of rotatable bonds is 4. The molecule has 1 aromatic heterocycles. The van der Waals surface area contributed by atoms with Gasteiger partial charge in [0.2, 0.25) is 5.91 Å². The summed E-state index contributed by atoms with van der Waals surface area (Å²) >= 11 is 6.31. The fourth-order valence-electron chi connectivity index (χ4n) is 3.96. The lowest BCUT2D eigenvalue weighted by Crippen LogP contribution is -2.49. The van der Waals surface area contributed by atoms with E-state index >= 15 is 0 Å². The van der Waals surface area contributed by atoms with Crippen molar-refractivity contribution in [3.8, 4) is 0 Å². The first-order valence-corrected chi connectivity index (χ1v) is 10.7. The molecule has 1 aliphatic rings. The van der Waals surface area contributed by atoms with Crippen LogP contribution in [0, 0.1) is 0 Å². The van der Waals surface area contributed by atoms with Gasteiger partial charge in [-0.05, 0) is 36.4 Å². The molecular weight excluding hydrogens is 441 g/mol. The summed E-state index contributed by atoms with van der Waals surface area (Å²) in [5.74, 6) is 0.0171. The lowest BCUT2D eigenvalue weighted by Gasteiger charge is -2.37. The molecule has 5 nitrogen and oxygen atoms in total. The van der Waals surface area contributed by atoms with E-state index in [1.807, 2.05) is 0 Å². The standard InChI is InChI=1S/C23H22ClF3N4O/c1-2-21(32)31-12-10-30(11-13-31)20-7-6-15(14-16(20)23(25,26)27)29-19-8-9-28-18-5-3-4-17(24)22(18)19/h3-9,14H,2,10-13H2,1H3,(H,28,29). The number of benzene rings is 2. The van der Waals surface area contributed by atoms with Crippen molar-refractivity contribution in [2.45, 2.75) is 19.5 Å². The number of hydrogen-bond acceptors (Lipinski definition) is 4. The number of carbonyl (C=O) groups excluding carboxylic acids is 1. The highest BCUT2D eigenvalue weighted by Gasteiger charge is 2.36. The zero-order valence-electron chi connectivity index (χ0n) is 17.4. The summed E-state index contributed by atoms with van der Waals surface area (Å²) < 4.78 is 41.8. The van der Waals surface area contributed by atoms with Gasteiger partial charge < -0.3 is 15.1 Å². The minimum atomic E-state index is -4.53. The predicted octanol–water partition coefficient (Wildman–Crippen LogP) is 5.71. The molecule has 32 heavy (non-hydrogen) atoms. The van der Waals surface area contributed by atoms with E-state index in [1.54, 1.807) is 53.3 Å². The SMILES string of the molecule is CCC(=O)N1CCN(c2ccc(Nc3ccnc4cccc(Cl)c34)cc2C(F)(F)F)CC1. The van der Waals surface area contributed by atoms with E-state index < -0.39 is 11.7 Å². The molecular formula is C23H22ClF3N4O. The molecule has 0 radical (unpaired) electrons. The third kappa shape index (κ3) is 4.46. The Kier molecular flexibility index (Phi) is 6.15. The molecule has 0 unspecified atom stereocenters. The van der Waals surface area contributed by atoms with Crippen molar-refractivity contribution in [3.63, 3.8) is 0 Å². The average molecular weight is 463 g/mol. The first-order chi connectivity index (χ1) is 15.3. The van der Waals surface area contributed by atoms with Crippen LogP contribution in [0.15, 0.2) is 48.7 Å². The Morgan fingerprint density at radius 2 is 1.88 bits per heavy atom. The van der Waals surface area contributed by atoms with Gasteiger partial charge in [-0.3, -0.25) is 9.78 Å². The first kappa shape index (κ1) is 22.2. The number of fused-ring (bicyclic) bond motifs is 1. The normalized spacial score (nSPS) is 14.7. The van der Waals surface area contributed by atoms with Crippen LogP contribution in [-0.2, 0) is 11.0 Å². The molecule has 168 valence electrons. The second kappa shape index (κ2) is 8.86. The lowest BCUT2D eigenvalue weighted by atomic mass is 10.1. The summed E-state index contributed by atoms with van der Waals surface area (Å²) in [6, 6.07) is 11.2. The number of halogens is 4. The van der Waals surface area contributed by atoms with Crippen molar-refractivity contribution < 1.29 is 18.0 Å². The second-order valence-electron chi connectivity index (χ2n) is 7.57. The summed E-state index contributed by atoms with van der Waals surface area (Å²) in [4.78, 5) is 19.5. The van der Waals surface area contributed by atoms with Crippen molar-refractivity contribution in [1.29, 1.82) is 0 Å². The Balaban J connectivity index is 1.64. The summed E-state index contributed by atoms with van der Waals surface area (Å²) in [6.07, 6.45) is -2.56. The van der Waals surface area contributed by atoms with Crippen molar-refractivity contribution in [2.75, 3.05) is 36.4 Å². The average Bonchev–Trinajstić information content (AvgIpc) is 2.78. The fourth-order valence-corrected chi connectivity index (χ4v) is 4.23. The molecule has 0 spiro atoms. The van der Waals surface area contributed by atoms with Crippen molar-refractivity contribution >= 4 is 45.5 Å². The van der Waals surface area contributed by atoms with Gasteiger partial charge in [-0.25, -0.2) is 0 Å². The Morgan fingerprint density at radius 1 is 1.12 bits per heavy atom. The maximum atomic E-state index is 13.9. The summed E-state index contributed by atoms with van der Waals surface area (Å²) in [7, 11) is 0. The quantitative estimate of drug-likeness (QED) is 0.539. The van der Waals surface area contributed by atoms with E-state index in [4.69, 9.17) is 11.6 Å². The van der Waals surface area contributed by atoms with Crippen LogP contribution in [0.25, 0.3) is 10.9 Å². The molecule has 1 aliphatic heterocycles. The lowest BCUT2D eigenvalue weighted by molar-refractivity contribution is -0.137.